The quantitative estimate of drug-likeness (QED) is 0.576. The third-order valence-electron chi connectivity index (χ3n) is 4.48. The van der Waals surface area contributed by atoms with Crippen LogP contribution in [0.1, 0.15) is 20.8 Å². The Morgan fingerprint density at radius 2 is 1.71 bits per heavy atom. The molecule has 9 heteroatoms. The molecule has 1 fully saturated rings. The Morgan fingerprint density at radius 3 is 2.21 bits per heavy atom. The van der Waals surface area contributed by atoms with E-state index in [4.69, 9.17) is 0 Å². The predicted octanol–water partition coefficient (Wildman–Crippen LogP) is 1.09. The van der Waals surface area contributed by atoms with Crippen LogP contribution in [0.25, 0.3) is 0 Å². The number of nitrogens with zero attached hydrogens (tertiary/aromatic N) is 4. The molecule has 1 aromatic rings. The van der Waals surface area contributed by atoms with E-state index in [0.717, 1.165) is 18.8 Å². The number of nitro benzene ring substituents is 1. The summed E-state index contributed by atoms with van der Waals surface area (Å²) in [6, 6.07) is 6.51. The van der Waals surface area contributed by atoms with Crippen molar-refractivity contribution < 1.29 is 14.5 Å². The van der Waals surface area contributed by atoms with Gasteiger partial charge in [0.1, 0.15) is 0 Å². The molecule has 0 unspecified atom stereocenters. The van der Waals surface area contributed by atoms with Crippen LogP contribution in [0, 0.1) is 10.1 Å². The van der Waals surface area contributed by atoms with Crippen molar-refractivity contribution in [2.75, 3.05) is 51.2 Å². The Balaban J connectivity index is 1.79. The average molecular weight is 391 g/mol. The maximum atomic E-state index is 12.4. The van der Waals surface area contributed by atoms with Gasteiger partial charge in [-0.25, -0.2) is 0 Å². The number of amides is 2. The Hall–Kier alpha value is -2.68. The Labute approximate surface area is 165 Å². The van der Waals surface area contributed by atoms with E-state index in [0.29, 0.717) is 13.1 Å². The highest BCUT2D eigenvalue weighted by Gasteiger charge is 2.23. The highest BCUT2D eigenvalue weighted by Crippen LogP contribution is 2.20. The van der Waals surface area contributed by atoms with Crippen LogP contribution in [0.4, 0.5) is 11.4 Å². The minimum atomic E-state index is -0.411. The van der Waals surface area contributed by atoms with Gasteiger partial charge < -0.3 is 15.1 Å². The fourth-order valence-electron chi connectivity index (χ4n) is 3.02. The number of nitrogens with one attached hydrogen (secondary N) is 1. The summed E-state index contributed by atoms with van der Waals surface area (Å²) in [7, 11) is 1.64. The molecular weight excluding hydrogens is 362 g/mol. The third kappa shape index (κ3) is 6.49. The summed E-state index contributed by atoms with van der Waals surface area (Å²) >= 11 is 0. The molecule has 28 heavy (non-hydrogen) atoms. The molecule has 0 atom stereocenters. The lowest BCUT2D eigenvalue weighted by Crippen LogP contribution is -2.51. The monoisotopic (exact) mass is 391 g/mol. The lowest BCUT2D eigenvalue weighted by Gasteiger charge is -2.36. The summed E-state index contributed by atoms with van der Waals surface area (Å²) < 4.78 is 0. The summed E-state index contributed by atoms with van der Waals surface area (Å²) in [4.78, 5) is 40.3. The van der Waals surface area contributed by atoms with Gasteiger partial charge in [-0.15, -0.1) is 0 Å². The van der Waals surface area contributed by atoms with Gasteiger partial charge in [-0.1, -0.05) is 0 Å². The van der Waals surface area contributed by atoms with Crippen LogP contribution < -0.4 is 10.2 Å². The van der Waals surface area contributed by atoms with E-state index in [1.54, 1.807) is 19.2 Å². The standard InChI is InChI=1S/C19H29N5O4/c1-19(2,3)20-17(25)13-21(4)18(26)14-22-9-11-23(12-10-22)15-5-7-16(8-6-15)24(27)28/h5-8H,9-14H2,1-4H3,(H,20,25). The van der Waals surface area contributed by atoms with Crippen molar-refractivity contribution >= 4 is 23.2 Å². The van der Waals surface area contributed by atoms with E-state index in [-0.39, 0.29) is 36.1 Å². The minimum absolute atomic E-state index is 0.0405. The molecule has 1 aromatic carbocycles. The van der Waals surface area contributed by atoms with Crippen LogP contribution in [-0.2, 0) is 9.59 Å². The molecule has 2 amide bonds. The largest absolute Gasteiger partial charge is 0.369 e. The molecule has 0 radical (unpaired) electrons. The fraction of sp³-hybridized carbons (Fsp3) is 0.579. The first-order chi connectivity index (χ1) is 13.0. The minimum Gasteiger partial charge on any atom is -0.369 e. The maximum absolute atomic E-state index is 12.4. The van der Waals surface area contributed by atoms with Crippen molar-refractivity contribution in [3.05, 3.63) is 34.4 Å². The molecular formula is C19H29N5O4. The molecule has 154 valence electrons. The number of rotatable bonds is 6. The summed E-state index contributed by atoms with van der Waals surface area (Å²) in [5.41, 5.74) is 0.689. The van der Waals surface area contributed by atoms with Crippen LogP contribution in [0.15, 0.2) is 24.3 Å². The molecule has 0 aromatic heterocycles. The van der Waals surface area contributed by atoms with Crippen LogP contribution in [0.5, 0.6) is 0 Å². The van der Waals surface area contributed by atoms with Gasteiger partial charge in [0.05, 0.1) is 18.0 Å². The lowest BCUT2D eigenvalue weighted by molar-refractivity contribution is -0.384. The van der Waals surface area contributed by atoms with Crippen molar-refractivity contribution in [1.82, 2.24) is 15.1 Å². The highest BCUT2D eigenvalue weighted by molar-refractivity contribution is 5.85. The van der Waals surface area contributed by atoms with Crippen molar-refractivity contribution in [2.45, 2.75) is 26.3 Å². The van der Waals surface area contributed by atoms with E-state index in [1.807, 2.05) is 20.8 Å². The molecule has 0 bridgehead atoms. The molecule has 1 heterocycles. The molecule has 1 aliphatic rings. The molecule has 1 saturated heterocycles. The van der Waals surface area contributed by atoms with Gasteiger partial charge in [-0.2, -0.15) is 0 Å². The van der Waals surface area contributed by atoms with E-state index in [9.17, 15) is 19.7 Å². The van der Waals surface area contributed by atoms with Gasteiger partial charge in [0.15, 0.2) is 0 Å². The molecule has 0 saturated carbocycles. The van der Waals surface area contributed by atoms with Gasteiger partial charge in [-0.3, -0.25) is 24.6 Å². The van der Waals surface area contributed by atoms with Crippen molar-refractivity contribution in [3.8, 4) is 0 Å². The Bertz CT molecular complexity index is 706. The molecule has 0 aliphatic carbocycles. The topological polar surface area (TPSA) is 99.0 Å². The zero-order valence-electron chi connectivity index (χ0n) is 17.0. The van der Waals surface area contributed by atoms with Crippen LogP contribution in [-0.4, -0.2) is 78.4 Å². The predicted molar refractivity (Wildman–Crippen MR) is 107 cm³/mol. The van der Waals surface area contributed by atoms with Crippen molar-refractivity contribution in [3.63, 3.8) is 0 Å². The number of likely N-dealkylation sites (N-methyl/N-ethyl adjacent to an activating group) is 1. The fourth-order valence-corrected chi connectivity index (χ4v) is 3.02. The Kier molecular flexibility index (Phi) is 6.95. The van der Waals surface area contributed by atoms with E-state index in [2.05, 4.69) is 15.1 Å². The third-order valence-corrected chi connectivity index (χ3v) is 4.48. The van der Waals surface area contributed by atoms with Gasteiger partial charge in [0, 0.05) is 56.6 Å². The highest BCUT2D eigenvalue weighted by atomic mass is 16.6. The zero-order valence-corrected chi connectivity index (χ0v) is 17.0. The number of benzene rings is 1. The summed E-state index contributed by atoms with van der Waals surface area (Å²) in [5.74, 6) is -0.265. The second kappa shape index (κ2) is 9.01. The molecule has 0 spiro atoms. The second-order valence-corrected chi connectivity index (χ2v) is 8.08. The van der Waals surface area contributed by atoms with Gasteiger partial charge in [0.25, 0.3) is 5.69 Å². The maximum Gasteiger partial charge on any atom is 0.269 e. The summed E-state index contributed by atoms with van der Waals surface area (Å²) in [5, 5.41) is 13.6. The molecule has 9 nitrogen and oxygen atoms in total. The van der Waals surface area contributed by atoms with Gasteiger partial charge >= 0.3 is 0 Å². The number of carbonyl (C=O) groups excluding carboxylic acids is 2. The van der Waals surface area contributed by atoms with Crippen LogP contribution in [0.3, 0.4) is 0 Å². The average Bonchev–Trinajstić information content (AvgIpc) is 2.60. The molecule has 2 rings (SSSR count). The van der Waals surface area contributed by atoms with Gasteiger partial charge in [-0.05, 0) is 32.9 Å². The smallest absolute Gasteiger partial charge is 0.269 e. The number of piperazine rings is 1. The van der Waals surface area contributed by atoms with E-state index < -0.39 is 4.92 Å². The van der Waals surface area contributed by atoms with Gasteiger partial charge in [0.2, 0.25) is 11.8 Å². The van der Waals surface area contributed by atoms with Crippen molar-refractivity contribution in [1.29, 1.82) is 0 Å². The number of hydrogen-bond acceptors (Lipinski definition) is 6. The second-order valence-electron chi connectivity index (χ2n) is 8.08. The first-order valence-electron chi connectivity index (χ1n) is 9.32. The molecule has 1 N–H and O–H groups in total. The van der Waals surface area contributed by atoms with E-state index in [1.165, 1.54) is 17.0 Å². The first kappa shape index (κ1) is 21.6. The number of nitro groups is 1. The number of carbonyl (C=O) groups is 2. The normalized spacial score (nSPS) is 15.2. The first-order valence-corrected chi connectivity index (χ1v) is 9.32. The Morgan fingerprint density at radius 1 is 1.14 bits per heavy atom. The number of non-ortho nitro benzene ring substituents is 1. The number of hydrogen-bond donors (Lipinski definition) is 1. The summed E-state index contributed by atoms with van der Waals surface area (Å²) in [6.45, 7) is 8.91. The lowest BCUT2D eigenvalue weighted by atomic mass is 10.1. The van der Waals surface area contributed by atoms with Crippen molar-refractivity contribution in [2.24, 2.45) is 0 Å². The number of anilines is 1. The molecule has 1 aliphatic heterocycles. The van der Waals surface area contributed by atoms with Crippen LogP contribution >= 0.6 is 0 Å². The zero-order chi connectivity index (χ0) is 20.9. The SMILES string of the molecule is CN(CC(=O)NC(C)(C)C)C(=O)CN1CCN(c2ccc([N+](=O)[O-])cc2)CC1. The summed E-state index contributed by atoms with van der Waals surface area (Å²) in [6.07, 6.45) is 0. The van der Waals surface area contributed by atoms with E-state index >= 15 is 0 Å². The van der Waals surface area contributed by atoms with Crippen LogP contribution in [0.2, 0.25) is 0 Å².